The number of rotatable bonds is 9. The average Bonchev–Trinajstić information content (AvgIpc) is 2.52. The van der Waals surface area contributed by atoms with Gasteiger partial charge in [-0.1, -0.05) is 6.07 Å². The SMILES string of the molecule is CN=C(NCCc1ccccn1)NCCN(C)CCOC.I. The standard InChI is InChI=1S/C15H27N5O.HI/c1-16-15(19-10-11-20(2)12-13-21-3)18-9-7-14-6-4-5-8-17-14;/h4-6,8H,7,9-13H2,1-3H3,(H2,16,18,19);1H. The van der Waals surface area contributed by atoms with Gasteiger partial charge < -0.3 is 20.3 Å². The molecule has 0 unspecified atom stereocenters. The van der Waals surface area contributed by atoms with E-state index in [-0.39, 0.29) is 24.0 Å². The maximum absolute atomic E-state index is 5.05. The Kier molecular flexibility index (Phi) is 13.1. The average molecular weight is 421 g/mol. The molecule has 0 spiro atoms. The molecule has 0 saturated carbocycles. The Morgan fingerprint density at radius 3 is 2.68 bits per heavy atom. The predicted molar refractivity (Wildman–Crippen MR) is 102 cm³/mol. The van der Waals surface area contributed by atoms with Crippen LogP contribution in [-0.2, 0) is 11.2 Å². The van der Waals surface area contributed by atoms with Crippen molar-refractivity contribution in [1.29, 1.82) is 0 Å². The summed E-state index contributed by atoms with van der Waals surface area (Å²) in [4.78, 5) is 10.7. The number of hydrogen-bond donors (Lipinski definition) is 2. The summed E-state index contributed by atoms with van der Waals surface area (Å²) in [6.45, 7) is 4.31. The third-order valence-electron chi connectivity index (χ3n) is 3.09. The monoisotopic (exact) mass is 421 g/mol. The van der Waals surface area contributed by atoms with Gasteiger partial charge in [0.1, 0.15) is 0 Å². The molecule has 0 atom stereocenters. The lowest BCUT2D eigenvalue weighted by atomic mass is 10.3. The first kappa shape index (κ1) is 21.1. The van der Waals surface area contributed by atoms with E-state index >= 15 is 0 Å². The van der Waals surface area contributed by atoms with Gasteiger partial charge in [0.25, 0.3) is 0 Å². The van der Waals surface area contributed by atoms with E-state index < -0.39 is 0 Å². The molecule has 1 heterocycles. The third kappa shape index (κ3) is 9.91. The van der Waals surface area contributed by atoms with Crippen molar-refractivity contribution in [1.82, 2.24) is 20.5 Å². The zero-order valence-corrected chi connectivity index (χ0v) is 16.0. The number of pyridine rings is 1. The van der Waals surface area contributed by atoms with Crippen molar-refractivity contribution in [2.24, 2.45) is 4.99 Å². The minimum absolute atomic E-state index is 0. The first-order valence-electron chi connectivity index (χ1n) is 7.28. The van der Waals surface area contributed by atoms with Crippen molar-refractivity contribution in [3.05, 3.63) is 30.1 Å². The number of methoxy groups -OCH3 is 1. The molecule has 0 amide bonds. The van der Waals surface area contributed by atoms with E-state index in [0.717, 1.165) is 50.9 Å². The minimum Gasteiger partial charge on any atom is -0.383 e. The Morgan fingerprint density at radius 1 is 1.27 bits per heavy atom. The molecule has 0 aliphatic carbocycles. The highest BCUT2D eigenvalue weighted by atomic mass is 127. The molecule has 7 heteroatoms. The van der Waals surface area contributed by atoms with Gasteiger partial charge in [0.2, 0.25) is 0 Å². The molecule has 126 valence electrons. The zero-order chi connectivity index (χ0) is 15.3. The van der Waals surface area contributed by atoms with Crippen LogP contribution < -0.4 is 10.6 Å². The summed E-state index contributed by atoms with van der Waals surface area (Å²) < 4.78 is 5.05. The maximum Gasteiger partial charge on any atom is 0.191 e. The first-order valence-corrected chi connectivity index (χ1v) is 7.28. The predicted octanol–water partition coefficient (Wildman–Crippen LogP) is 0.985. The number of halogens is 1. The van der Waals surface area contributed by atoms with E-state index in [9.17, 15) is 0 Å². The Labute approximate surface area is 150 Å². The fourth-order valence-electron chi connectivity index (χ4n) is 1.80. The summed E-state index contributed by atoms with van der Waals surface area (Å²) in [5.41, 5.74) is 1.08. The molecule has 0 fully saturated rings. The van der Waals surface area contributed by atoms with Crippen LogP contribution in [-0.4, -0.2) is 69.8 Å². The van der Waals surface area contributed by atoms with Crippen LogP contribution in [0.25, 0.3) is 0 Å². The van der Waals surface area contributed by atoms with E-state index in [4.69, 9.17) is 4.74 Å². The van der Waals surface area contributed by atoms with Crippen molar-refractivity contribution < 1.29 is 4.74 Å². The van der Waals surface area contributed by atoms with Crippen LogP contribution in [0.2, 0.25) is 0 Å². The molecule has 0 saturated heterocycles. The van der Waals surface area contributed by atoms with Crippen LogP contribution in [0.3, 0.4) is 0 Å². The van der Waals surface area contributed by atoms with E-state index in [1.807, 2.05) is 24.4 Å². The number of aliphatic imine (C=N–C) groups is 1. The van der Waals surface area contributed by atoms with Crippen LogP contribution in [0.1, 0.15) is 5.69 Å². The van der Waals surface area contributed by atoms with Gasteiger partial charge in [0.05, 0.1) is 6.61 Å². The third-order valence-corrected chi connectivity index (χ3v) is 3.09. The van der Waals surface area contributed by atoms with Gasteiger partial charge in [-0.25, -0.2) is 0 Å². The fraction of sp³-hybridized carbons (Fsp3) is 0.600. The summed E-state index contributed by atoms with van der Waals surface area (Å²) in [6, 6.07) is 5.96. The number of nitrogens with one attached hydrogen (secondary N) is 2. The second-order valence-corrected chi connectivity index (χ2v) is 4.79. The minimum atomic E-state index is 0. The Bertz CT molecular complexity index is 402. The Morgan fingerprint density at radius 2 is 2.05 bits per heavy atom. The molecule has 22 heavy (non-hydrogen) atoms. The number of aromatic nitrogens is 1. The highest BCUT2D eigenvalue weighted by Crippen LogP contribution is 1.92. The Hall–Kier alpha value is -0.930. The van der Waals surface area contributed by atoms with E-state index in [2.05, 4.69) is 32.6 Å². The van der Waals surface area contributed by atoms with Gasteiger partial charge in [-0.3, -0.25) is 9.98 Å². The molecule has 2 N–H and O–H groups in total. The lowest BCUT2D eigenvalue weighted by molar-refractivity contribution is 0.162. The van der Waals surface area contributed by atoms with Gasteiger partial charge in [-0.2, -0.15) is 0 Å². The lowest BCUT2D eigenvalue weighted by Crippen LogP contribution is -2.42. The van der Waals surface area contributed by atoms with Gasteiger partial charge in [-0.05, 0) is 19.2 Å². The van der Waals surface area contributed by atoms with Crippen LogP contribution in [0.5, 0.6) is 0 Å². The molecule has 1 aromatic heterocycles. The first-order chi connectivity index (χ1) is 10.3. The highest BCUT2D eigenvalue weighted by molar-refractivity contribution is 14.0. The summed E-state index contributed by atoms with van der Waals surface area (Å²) in [7, 11) is 5.59. The van der Waals surface area contributed by atoms with Gasteiger partial charge in [0.15, 0.2) is 5.96 Å². The van der Waals surface area contributed by atoms with Crippen LogP contribution >= 0.6 is 24.0 Å². The van der Waals surface area contributed by atoms with Crippen LogP contribution in [0.15, 0.2) is 29.4 Å². The smallest absolute Gasteiger partial charge is 0.191 e. The molecule has 0 aliphatic rings. The number of hydrogen-bond acceptors (Lipinski definition) is 4. The second kappa shape index (κ2) is 13.7. The molecule has 0 aliphatic heterocycles. The van der Waals surface area contributed by atoms with Crippen molar-refractivity contribution in [3.8, 4) is 0 Å². The Balaban J connectivity index is 0.00000441. The van der Waals surface area contributed by atoms with Crippen LogP contribution in [0, 0.1) is 0 Å². The topological polar surface area (TPSA) is 61.8 Å². The summed E-state index contributed by atoms with van der Waals surface area (Å²) in [5, 5.41) is 6.59. The number of nitrogens with zero attached hydrogens (tertiary/aromatic N) is 3. The molecular formula is C15H28IN5O. The van der Waals surface area contributed by atoms with Gasteiger partial charge in [0, 0.05) is 58.6 Å². The van der Waals surface area contributed by atoms with Crippen molar-refractivity contribution in [2.45, 2.75) is 6.42 Å². The molecule has 1 rings (SSSR count). The lowest BCUT2D eigenvalue weighted by Gasteiger charge is -2.17. The molecule has 0 bridgehead atoms. The maximum atomic E-state index is 5.05. The summed E-state index contributed by atoms with van der Waals surface area (Å²) >= 11 is 0. The molecule has 1 aromatic rings. The van der Waals surface area contributed by atoms with E-state index in [0.29, 0.717) is 0 Å². The number of ether oxygens (including phenoxy) is 1. The molecule has 0 radical (unpaired) electrons. The van der Waals surface area contributed by atoms with Crippen molar-refractivity contribution in [3.63, 3.8) is 0 Å². The normalized spacial score (nSPS) is 11.2. The fourth-order valence-corrected chi connectivity index (χ4v) is 1.80. The number of likely N-dealkylation sites (N-methyl/N-ethyl adjacent to an activating group) is 1. The highest BCUT2D eigenvalue weighted by Gasteiger charge is 2.00. The summed E-state index contributed by atoms with van der Waals surface area (Å²) in [5.74, 6) is 0.825. The van der Waals surface area contributed by atoms with E-state index in [1.165, 1.54) is 0 Å². The largest absolute Gasteiger partial charge is 0.383 e. The molecule has 0 aromatic carbocycles. The second-order valence-electron chi connectivity index (χ2n) is 4.79. The van der Waals surface area contributed by atoms with Gasteiger partial charge >= 0.3 is 0 Å². The number of guanidine groups is 1. The zero-order valence-electron chi connectivity index (χ0n) is 13.7. The summed E-state index contributed by atoms with van der Waals surface area (Å²) in [6.07, 6.45) is 2.70. The van der Waals surface area contributed by atoms with Gasteiger partial charge in [-0.15, -0.1) is 24.0 Å². The molecule has 6 nitrogen and oxygen atoms in total. The van der Waals surface area contributed by atoms with Crippen molar-refractivity contribution >= 4 is 29.9 Å². The van der Waals surface area contributed by atoms with Crippen molar-refractivity contribution in [2.75, 3.05) is 54.0 Å². The van der Waals surface area contributed by atoms with E-state index in [1.54, 1.807) is 14.2 Å². The molecular weight excluding hydrogens is 393 g/mol. The van der Waals surface area contributed by atoms with Crippen LogP contribution in [0.4, 0.5) is 0 Å². The quantitative estimate of drug-likeness (QED) is 0.354.